The SMILES string of the molecule is Nc1nc(Nc2ccncn2)nc2c1ncn2CCN1CCCC1=O. The van der Waals surface area contributed by atoms with Crippen LogP contribution in [0.15, 0.2) is 24.9 Å². The Labute approximate surface area is 143 Å². The maximum atomic E-state index is 11.7. The van der Waals surface area contributed by atoms with Crippen molar-refractivity contribution in [2.24, 2.45) is 0 Å². The van der Waals surface area contributed by atoms with E-state index in [-0.39, 0.29) is 11.7 Å². The minimum atomic E-state index is 0.199. The molecule has 0 bridgehead atoms. The molecule has 1 aliphatic rings. The zero-order valence-corrected chi connectivity index (χ0v) is 13.5. The normalized spacial score (nSPS) is 14.4. The largest absolute Gasteiger partial charge is 0.382 e. The Hall–Kier alpha value is -3.30. The van der Waals surface area contributed by atoms with Crippen LogP contribution in [-0.2, 0) is 11.3 Å². The molecule has 1 aliphatic heterocycles. The smallest absolute Gasteiger partial charge is 0.232 e. The van der Waals surface area contributed by atoms with Crippen LogP contribution in [0.4, 0.5) is 17.6 Å². The predicted octanol–water partition coefficient (Wildman–Crippen LogP) is 0.564. The van der Waals surface area contributed by atoms with Gasteiger partial charge in [-0.15, -0.1) is 0 Å². The molecule has 1 fully saturated rings. The molecule has 128 valence electrons. The van der Waals surface area contributed by atoms with Gasteiger partial charge in [0.15, 0.2) is 11.5 Å². The zero-order valence-electron chi connectivity index (χ0n) is 13.5. The zero-order chi connectivity index (χ0) is 17.2. The van der Waals surface area contributed by atoms with Crippen molar-refractivity contribution in [3.05, 3.63) is 24.9 Å². The first-order valence-corrected chi connectivity index (χ1v) is 8.00. The average molecular weight is 339 g/mol. The Morgan fingerprint density at radius 1 is 1.24 bits per heavy atom. The number of aromatic nitrogens is 6. The second-order valence-electron chi connectivity index (χ2n) is 5.75. The number of likely N-dealkylation sites (tertiary alicyclic amines) is 1. The highest BCUT2D eigenvalue weighted by atomic mass is 16.2. The minimum absolute atomic E-state index is 0.199. The molecule has 0 aromatic carbocycles. The summed E-state index contributed by atoms with van der Waals surface area (Å²) in [5.41, 5.74) is 7.16. The summed E-state index contributed by atoms with van der Waals surface area (Å²) < 4.78 is 1.88. The van der Waals surface area contributed by atoms with E-state index in [2.05, 4.69) is 30.2 Å². The van der Waals surface area contributed by atoms with Crippen molar-refractivity contribution < 1.29 is 4.79 Å². The Morgan fingerprint density at radius 3 is 2.92 bits per heavy atom. The molecule has 0 atom stereocenters. The number of nitrogen functional groups attached to an aromatic ring is 1. The summed E-state index contributed by atoms with van der Waals surface area (Å²) in [5.74, 6) is 1.40. The number of nitrogens with zero attached hydrogens (tertiary/aromatic N) is 7. The Kier molecular flexibility index (Phi) is 3.84. The fraction of sp³-hybridized carbons (Fsp3) is 0.333. The molecule has 1 saturated heterocycles. The van der Waals surface area contributed by atoms with E-state index in [4.69, 9.17) is 5.73 Å². The molecule has 0 saturated carbocycles. The summed E-state index contributed by atoms with van der Waals surface area (Å²) in [5, 5.41) is 3.00. The van der Waals surface area contributed by atoms with E-state index < -0.39 is 0 Å². The molecule has 25 heavy (non-hydrogen) atoms. The molecule has 0 spiro atoms. The van der Waals surface area contributed by atoms with Crippen LogP contribution in [-0.4, -0.2) is 53.4 Å². The lowest BCUT2D eigenvalue weighted by atomic mass is 10.4. The second-order valence-corrected chi connectivity index (χ2v) is 5.75. The summed E-state index contributed by atoms with van der Waals surface area (Å²) >= 11 is 0. The topological polar surface area (TPSA) is 128 Å². The van der Waals surface area contributed by atoms with Crippen LogP contribution < -0.4 is 11.1 Å². The van der Waals surface area contributed by atoms with E-state index in [1.807, 2.05) is 9.47 Å². The number of nitrogens with one attached hydrogen (secondary N) is 1. The van der Waals surface area contributed by atoms with Crippen LogP contribution >= 0.6 is 0 Å². The van der Waals surface area contributed by atoms with Gasteiger partial charge in [0.2, 0.25) is 11.9 Å². The van der Waals surface area contributed by atoms with E-state index in [0.717, 1.165) is 13.0 Å². The molecule has 1 amide bonds. The van der Waals surface area contributed by atoms with Crippen LogP contribution in [0.3, 0.4) is 0 Å². The second kappa shape index (κ2) is 6.30. The fourth-order valence-electron chi connectivity index (χ4n) is 2.83. The van der Waals surface area contributed by atoms with Crippen molar-refractivity contribution in [2.45, 2.75) is 19.4 Å². The van der Waals surface area contributed by atoms with Gasteiger partial charge in [0, 0.05) is 32.3 Å². The van der Waals surface area contributed by atoms with Crippen molar-refractivity contribution in [1.29, 1.82) is 0 Å². The molecule has 4 heterocycles. The van der Waals surface area contributed by atoms with Gasteiger partial charge in [0.1, 0.15) is 17.7 Å². The number of hydrogen-bond donors (Lipinski definition) is 2. The lowest BCUT2D eigenvalue weighted by molar-refractivity contribution is -0.127. The number of imidazole rings is 1. The molecule has 0 radical (unpaired) electrons. The number of anilines is 3. The Bertz CT molecular complexity index is 908. The molecule has 10 nitrogen and oxygen atoms in total. The van der Waals surface area contributed by atoms with E-state index in [0.29, 0.717) is 42.4 Å². The monoisotopic (exact) mass is 339 g/mol. The van der Waals surface area contributed by atoms with Crippen LogP contribution in [0.5, 0.6) is 0 Å². The Morgan fingerprint density at radius 2 is 2.16 bits per heavy atom. The number of hydrogen-bond acceptors (Lipinski definition) is 8. The standard InChI is InChI=1S/C15H17N9O/c16-13-12-14(22-15(21-13)20-10-3-4-17-8-18-10)24(9-19-12)7-6-23-5-1-2-11(23)25/h3-4,8-9H,1-2,5-7H2,(H3,16,17,18,20,21,22). The fourth-order valence-corrected chi connectivity index (χ4v) is 2.83. The summed E-state index contributed by atoms with van der Waals surface area (Å²) in [4.78, 5) is 34.5. The van der Waals surface area contributed by atoms with Crippen molar-refractivity contribution in [1.82, 2.24) is 34.4 Å². The minimum Gasteiger partial charge on any atom is -0.382 e. The highest BCUT2D eigenvalue weighted by molar-refractivity contribution is 5.83. The Balaban J connectivity index is 1.59. The first kappa shape index (κ1) is 15.2. The van der Waals surface area contributed by atoms with Gasteiger partial charge in [-0.25, -0.2) is 15.0 Å². The number of fused-ring (bicyclic) bond motifs is 1. The molecular weight excluding hydrogens is 322 g/mol. The van der Waals surface area contributed by atoms with Crippen LogP contribution in [0, 0.1) is 0 Å². The molecule has 3 N–H and O–H groups in total. The number of nitrogens with two attached hydrogens (primary N) is 1. The maximum Gasteiger partial charge on any atom is 0.232 e. The lowest BCUT2D eigenvalue weighted by Gasteiger charge is -2.15. The quantitative estimate of drug-likeness (QED) is 0.690. The molecule has 4 rings (SSSR count). The first-order chi connectivity index (χ1) is 12.2. The maximum absolute atomic E-state index is 11.7. The van der Waals surface area contributed by atoms with Crippen molar-refractivity contribution >= 4 is 34.7 Å². The van der Waals surface area contributed by atoms with E-state index in [1.54, 1.807) is 18.6 Å². The number of rotatable bonds is 5. The third kappa shape index (κ3) is 3.05. The van der Waals surface area contributed by atoms with Crippen molar-refractivity contribution in [3.8, 4) is 0 Å². The van der Waals surface area contributed by atoms with Gasteiger partial charge in [-0.1, -0.05) is 0 Å². The van der Waals surface area contributed by atoms with Gasteiger partial charge in [-0.3, -0.25) is 4.79 Å². The summed E-state index contributed by atoms with van der Waals surface area (Å²) in [6, 6.07) is 1.71. The number of carbonyl (C=O) groups excluding carboxylic acids is 1. The molecule has 10 heteroatoms. The third-order valence-corrected chi connectivity index (χ3v) is 4.09. The van der Waals surface area contributed by atoms with Gasteiger partial charge in [-0.05, 0) is 12.5 Å². The van der Waals surface area contributed by atoms with Gasteiger partial charge in [-0.2, -0.15) is 9.97 Å². The van der Waals surface area contributed by atoms with Crippen LogP contribution in [0.2, 0.25) is 0 Å². The summed E-state index contributed by atoms with van der Waals surface area (Å²) in [6.45, 7) is 2.04. The molecule has 3 aromatic heterocycles. The van der Waals surface area contributed by atoms with Gasteiger partial charge in [0.05, 0.1) is 6.33 Å². The first-order valence-electron chi connectivity index (χ1n) is 8.00. The predicted molar refractivity (Wildman–Crippen MR) is 90.9 cm³/mol. The van der Waals surface area contributed by atoms with E-state index in [1.165, 1.54) is 6.33 Å². The lowest BCUT2D eigenvalue weighted by Crippen LogP contribution is -2.28. The third-order valence-electron chi connectivity index (χ3n) is 4.09. The van der Waals surface area contributed by atoms with E-state index in [9.17, 15) is 4.79 Å². The summed E-state index contributed by atoms with van der Waals surface area (Å²) in [7, 11) is 0. The van der Waals surface area contributed by atoms with Crippen molar-refractivity contribution in [3.63, 3.8) is 0 Å². The van der Waals surface area contributed by atoms with Crippen molar-refractivity contribution in [2.75, 3.05) is 24.1 Å². The highest BCUT2D eigenvalue weighted by Gasteiger charge is 2.20. The molecule has 0 unspecified atom stereocenters. The number of amides is 1. The molecular formula is C15H17N9O. The van der Waals surface area contributed by atoms with E-state index >= 15 is 0 Å². The number of carbonyl (C=O) groups is 1. The van der Waals surface area contributed by atoms with Gasteiger partial charge < -0.3 is 20.5 Å². The summed E-state index contributed by atoms with van der Waals surface area (Å²) in [6.07, 6.45) is 6.28. The average Bonchev–Trinajstić information content (AvgIpc) is 3.20. The van der Waals surface area contributed by atoms with Gasteiger partial charge in [0.25, 0.3) is 0 Å². The van der Waals surface area contributed by atoms with Crippen LogP contribution in [0.25, 0.3) is 11.2 Å². The molecule has 0 aliphatic carbocycles. The van der Waals surface area contributed by atoms with Crippen LogP contribution in [0.1, 0.15) is 12.8 Å². The molecule has 3 aromatic rings. The highest BCUT2D eigenvalue weighted by Crippen LogP contribution is 2.20. The van der Waals surface area contributed by atoms with Gasteiger partial charge >= 0.3 is 0 Å².